The molecule has 9 nitrogen and oxygen atoms in total. The number of carbonyl (C=O) groups excluding carboxylic acids is 2. The monoisotopic (exact) mass is 940 g/mol. The van der Waals surface area contributed by atoms with Crippen LogP contribution >= 0.6 is 0 Å². The molecule has 0 saturated carbocycles. The fourth-order valence-electron chi connectivity index (χ4n) is 5.67. The number of amides is 2. The van der Waals surface area contributed by atoms with Crippen molar-refractivity contribution in [1.29, 1.82) is 0 Å². The lowest BCUT2D eigenvalue weighted by Gasteiger charge is -2.36. The Morgan fingerprint density at radius 1 is 0.667 bits per heavy atom. The summed E-state index contributed by atoms with van der Waals surface area (Å²) in [6.45, 7) is 8.83. The molecule has 0 bridgehead atoms. The number of rotatable bonds is 24. The van der Waals surface area contributed by atoms with Gasteiger partial charge in [0, 0.05) is 5.56 Å². The summed E-state index contributed by atoms with van der Waals surface area (Å²) in [6, 6.07) is 11.0. The van der Waals surface area contributed by atoms with Gasteiger partial charge in [-0.1, -0.05) is 90.1 Å². The van der Waals surface area contributed by atoms with Crippen LogP contribution in [0.2, 0.25) is 0 Å². The summed E-state index contributed by atoms with van der Waals surface area (Å²) in [4.78, 5) is 29.3. The van der Waals surface area contributed by atoms with Gasteiger partial charge in [0.25, 0.3) is 5.91 Å². The fourth-order valence-corrected chi connectivity index (χ4v) is 5.67. The maximum absolute atomic E-state index is 14.2. The van der Waals surface area contributed by atoms with Gasteiger partial charge in [0.15, 0.2) is 6.10 Å². The SMILES string of the molecule is CCCCCCCCOc1ccc(C(=O)N2C(=O)OC(COCC(F)(F)OC(F)(F)C(F)(F)OC(F)(F)C(F)(F)C(F)(F)C(F)(F)F)[C@@H]2c2ccccc2)cc1.CCN(CC)CC. The standard InChI is InChI=1S/C33H32F15NO7.C6H15N/c1-2-3-4-5-6-10-17-53-22-15-13-21(14-16-22)25(50)49-24(20-11-8-7-9-12-20)23(54-26(49)51)18-52-19-27(34,35)55-32(45,46)33(47,48)56-31(43,44)29(38,39)28(36,37)30(40,41)42;1-4-7(5-2)6-3/h7-9,11-16,23-24H,2-6,10,17-19H2,1H3;4-6H2,1-3H3/t23?,24-;/m0./s1. The van der Waals surface area contributed by atoms with Crippen molar-refractivity contribution in [2.45, 2.75) is 121 Å². The van der Waals surface area contributed by atoms with E-state index in [0.717, 1.165) is 38.5 Å². The molecule has 1 unspecified atom stereocenters. The van der Waals surface area contributed by atoms with E-state index in [9.17, 15) is 75.4 Å². The number of halogens is 15. The Bertz CT molecular complexity index is 1690. The molecule has 2 amide bonds. The zero-order chi connectivity index (χ0) is 48.1. The van der Waals surface area contributed by atoms with E-state index in [0.29, 0.717) is 17.3 Å². The predicted octanol–water partition coefficient (Wildman–Crippen LogP) is 11.7. The maximum atomic E-state index is 14.2. The second-order valence-corrected chi connectivity index (χ2v) is 13.8. The van der Waals surface area contributed by atoms with E-state index in [1.165, 1.54) is 74.2 Å². The quantitative estimate of drug-likeness (QED) is 0.0760. The Morgan fingerprint density at radius 2 is 1.19 bits per heavy atom. The number of imide groups is 1. The first-order valence-electron chi connectivity index (χ1n) is 19.4. The Labute approximate surface area is 352 Å². The summed E-state index contributed by atoms with van der Waals surface area (Å²) >= 11 is 0. The molecule has 0 aliphatic carbocycles. The van der Waals surface area contributed by atoms with Crippen molar-refractivity contribution >= 4 is 12.0 Å². The number of cyclic esters (lactones) is 1. The lowest BCUT2D eigenvalue weighted by Crippen LogP contribution is -2.64. The van der Waals surface area contributed by atoms with E-state index in [1.54, 1.807) is 4.74 Å². The van der Waals surface area contributed by atoms with Crippen molar-refractivity contribution in [3.05, 3.63) is 65.7 Å². The van der Waals surface area contributed by atoms with Crippen molar-refractivity contribution in [2.24, 2.45) is 0 Å². The normalized spacial score (nSPS) is 16.8. The van der Waals surface area contributed by atoms with Crippen LogP contribution in [0, 0.1) is 0 Å². The number of nitrogens with zero attached hydrogens (tertiary/aromatic N) is 2. The van der Waals surface area contributed by atoms with E-state index < -0.39 is 79.8 Å². The first-order valence-corrected chi connectivity index (χ1v) is 19.4. The van der Waals surface area contributed by atoms with Gasteiger partial charge in [0.05, 0.1) is 13.2 Å². The molecule has 2 aromatic rings. The van der Waals surface area contributed by atoms with E-state index >= 15 is 0 Å². The van der Waals surface area contributed by atoms with Crippen LogP contribution in [0.15, 0.2) is 54.6 Å². The van der Waals surface area contributed by atoms with Crippen molar-refractivity contribution in [3.63, 3.8) is 0 Å². The lowest BCUT2D eigenvalue weighted by atomic mass is 10.0. The van der Waals surface area contributed by atoms with E-state index in [1.807, 2.05) is 0 Å². The summed E-state index contributed by atoms with van der Waals surface area (Å²) in [5, 5.41) is 0. The molecule has 1 heterocycles. The topological polar surface area (TPSA) is 86.8 Å². The third-order valence-corrected chi connectivity index (χ3v) is 9.19. The molecular weight excluding hydrogens is 893 g/mol. The summed E-state index contributed by atoms with van der Waals surface area (Å²) in [6.07, 6.45) is -32.7. The third-order valence-electron chi connectivity index (χ3n) is 9.19. The minimum atomic E-state index is -7.99. The van der Waals surface area contributed by atoms with E-state index in [-0.39, 0.29) is 11.1 Å². The number of hydrogen-bond acceptors (Lipinski definition) is 8. The van der Waals surface area contributed by atoms with Gasteiger partial charge in [-0.3, -0.25) is 4.79 Å². The highest BCUT2D eigenvalue weighted by atomic mass is 19.4. The van der Waals surface area contributed by atoms with Gasteiger partial charge in [-0.25, -0.2) is 19.2 Å². The van der Waals surface area contributed by atoms with Crippen molar-refractivity contribution in [2.75, 3.05) is 39.5 Å². The molecule has 0 N–H and O–H groups in total. The van der Waals surface area contributed by atoms with Gasteiger partial charge in [-0.05, 0) is 55.9 Å². The van der Waals surface area contributed by atoms with Gasteiger partial charge in [-0.2, -0.15) is 65.9 Å². The molecule has 0 aromatic heterocycles. The number of benzene rings is 2. The summed E-state index contributed by atoms with van der Waals surface area (Å²) in [5.74, 6) is -16.4. The zero-order valence-electron chi connectivity index (χ0n) is 34.3. The Balaban J connectivity index is 0.00000179. The number of carbonyl (C=O) groups is 2. The van der Waals surface area contributed by atoms with Crippen LogP contribution in [-0.2, 0) is 18.9 Å². The third kappa shape index (κ3) is 14.5. The van der Waals surface area contributed by atoms with E-state index in [2.05, 4.69) is 42.1 Å². The molecule has 0 spiro atoms. The van der Waals surface area contributed by atoms with Crippen LogP contribution < -0.4 is 4.74 Å². The maximum Gasteiger partial charge on any atom is 0.460 e. The number of unbranched alkanes of at least 4 members (excludes halogenated alkanes) is 5. The highest BCUT2D eigenvalue weighted by Gasteiger charge is 2.85. The van der Waals surface area contributed by atoms with Crippen LogP contribution in [0.3, 0.4) is 0 Å². The van der Waals surface area contributed by atoms with E-state index in [4.69, 9.17) is 9.47 Å². The number of ether oxygens (including phenoxy) is 5. The number of alkyl halides is 15. The molecule has 2 aromatic carbocycles. The first-order chi connectivity index (χ1) is 29.1. The van der Waals surface area contributed by atoms with Crippen molar-refractivity contribution in [3.8, 4) is 5.75 Å². The predicted molar refractivity (Wildman–Crippen MR) is 193 cm³/mol. The van der Waals surface area contributed by atoms with Gasteiger partial charge in [0.1, 0.15) is 18.4 Å². The zero-order valence-corrected chi connectivity index (χ0v) is 34.3. The van der Waals surface area contributed by atoms with Crippen LogP contribution in [0.1, 0.15) is 88.2 Å². The molecule has 0 radical (unpaired) electrons. The molecule has 63 heavy (non-hydrogen) atoms. The summed E-state index contributed by atoms with van der Waals surface area (Å²) in [7, 11) is 0. The van der Waals surface area contributed by atoms with Gasteiger partial charge < -0.3 is 19.1 Å². The molecule has 1 saturated heterocycles. The molecule has 1 aliphatic rings. The molecule has 1 fully saturated rings. The largest absolute Gasteiger partial charge is 0.494 e. The molecule has 24 heteroatoms. The van der Waals surface area contributed by atoms with Crippen LogP contribution in [0.4, 0.5) is 70.7 Å². The molecular formula is C39H47F15N2O7. The highest BCUT2D eigenvalue weighted by Crippen LogP contribution is 2.56. The Kier molecular flexibility index (Phi) is 19.9. The number of hydrogen-bond donors (Lipinski definition) is 0. The minimum Gasteiger partial charge on any atom is -0.494 e. The molecule has 3 rings (SSSR count). The van der Waals surface area contributed by atoms with Crippen molar-refractivity contribution < 1.29 is 99.1 Å². The van der Waals surface area contributed by atoms with Gasteiger partial charge in [0.2, 0.25) is 0 Å². The highest BCUT2D eigenvalue weighted by molar-refractivity contribution is 6.04. The Hall–Kier alpha value is -4.03. The van der Waals surface area contributed by atoms with Gasteiger partial charge in [-0.15, -0.1) is 0 Å². The second kappa shape index (κ2) is 22.7. The smallest absolute Gasteiger partial charge is 0.460 e. The molecule has 2 atom stereocenters. The summed E-state index contributed by atoms with van der Waals surface area (Å²) in [5.41, 5.74) is 0.0338. The fraction of sp³-hybridized carbons (Fsp3) is 0.641. The second-order valence-electron chi connectivity index (χ2n) is 13.8. The average molecular weight is 941 g/mol. The Morgan fingerprint density at radius 3 is 1.70 bits per heavy atom. The minimum absolute atomic E-state index is 0.0906. The average Bonchev–Trinajstić information content (AvgIpc) is 3.52. The summed E-state index contributed by atoms with van der Waals surface area (Å²) < 4.78 is 219. The van der Waals surface area contributed by atoms with Crippen LogP contribution in [0.5, 0.6) is 5.75 Å². The lowest BCUT2D eigenvalue weighted by molar-refractivity contribution is -0.543. The van der Waals surface area contributed by atoms with Gasteiger partial charge >= 0.3 is 48.5 Å². The van der Waals surface area contributed by atoms with Crippen LogP contribution in [-0.4, -0.2) is 110 Å². The van der Waals surface area contributed by atoms with Crippen molar-refractivity contribution in [1.82, 2.24) is 9.80 Å². The van der Waals surface area contributed by atoms with Crippen LogP contribution in [0.25, 0.3) is 0 Å². The molecule has 360 valence electrons. The molecule has 1 aliphatic heterocycles. The first kappa shape index (κ1) is 55.1.